The van der Waals surface area contributed by atoms with Gasteiger partial charge in [-0.15, -0.1) is 0 Å². The number of fused-ring (bicyclic) bond motifs is 1. The lowest BCUT2D eigenvalue weighted by molar-refractivity contribution is -0.141. The van der Waals surface area contributed by atoms with E-state index in [2.05, 4.69) is 0 Å². The van der Waals surface area contributed by atoms with Crippen LogP contribution in [0.2, 0.25) is 0 Å². The van der Waals surface area contributed by atoms with Crippen LogP contribution in [0.5, 0.6) is 5.75 Å². The van der Waals surface area contributed by atoms with Crippen LogP contribution in [0.25, 0.3) is 11.0 Å². The molecule has 0 saturated heterocycles. The van der Waals surface area contributed by atoms with Crippen LogP contribution in [0.15, 0.2) is 50.3 Å². The zero-order valence-corrected chi connectivity index (χ0v) is 14.9. The number of rotatable bonds is 5. The van der Waals surface area contributed by atoms with Gasteiger partial charge in [0.05, 0.1) is 7.11 Å². The van der Waals surface area contributed by atoms with E-state index in [0.717, 1.165) is 0 Å². The van der Waals surface area contributed by atoms with Gasteiger partial charge < -0.3 is 14.1 Å². The summed E-state index contributed by atoms with van der Waals surface area (Å²) in [6, 6.07) is 7.61. The lowest BCUT2D eigenvalue weighted by atomic mass is 10.1. The van der Waals surface area contributed by atoms with Crippen LogP contribution in [0.1, 0.15) is 15.9 Å². The molecule has 0 bridgehead atoms. The normalized spacial score (nSPS) is 11.6. The number of benzene rings is 1. The lowest BCUT2D eigenvalue weighted by Crippen LogP contribution is -2.40. The monoisotopic (exact) mass is 397 g/mol. The molecule has 0 radical (unpaired) electrons. The van der Waals surface area contributed by atoms with Crippen molar-refractivity contribution in [2.24, 2.45) is 0 Å². The third-order valence-corrected chi connectivity index (χ3v) is 4.52. The summed E-state index contributed by atoms with van der Waals surface area (Å²) in [5, 5.41) is 3.71. The Morgan fingerprint density at radius 2 is 2.07 bits per heavy atom. The molecule has 0 atom stereocenters. The van der Waals surface area contributed by atoms with E-state index in [1.54, 1.807) is 35.0 Å². The number of para-hydroxylation sites is 1. The summed E-state index contributed by atoms with van der Waals surface area (Å²) in [6.45, 7) is -1.74. The van der Waals surface area contributed by atoms with Crippen LogP contribution in [0, 0.1) is 0 Å². The molecule has 0 fully saturated rings. The van der Waals surface area contributed by atoms with Crippen LogP contribution in [0.4, 0.5) is 13.2 Å². The Bertz CT molecular complexity index is 1010. The molecule has 142 valence electrons. The zero-order chi connectivity index (χ0) is 19.6. The molecule has 0 saturated carbocycles. The van der Waals surface area contributed by atoms with Crippen molar-refractivity contribution in [2.45, 2.75) is 12.7 Å². The van der Waals surface area contributed by atoms with Crippen molar-refractivity contribution in [3.8, 4) is 5.75 Å². The van der Waals surface area contributed by atoms with Gasteiger partial charge in [0.25, 0.3) is 5.91 Å². The molecule has 3 rings (SSSR count). The number of carbonyl (C=O) groups excluding carboxylic acids is 1. The number of ether oxygens (including phenoxy) is 1. The molecule has 0 unspecified atom stereocenters. The van der Waals surface area contributed by atoms with Crippen LogP contribution < -0.4 is 10.4 Å². The maximum absolute atomic E-state index is 13.0. The summed E-state index contributed by atoms with van der Waals surface area (Å²) in [5.74, 6) is -0.758. The molecule has 0 N–H and O–H groups in total. The number of alkyl halides is 3. The largest absolute Gasteiger partial charge is 0.493 e. The van der Waals surface area contributed by atoms with Crippen molar-refractivity contribution < 1.29 is 27.1 Å². The number of carbonyl (C=O) groups is 1. The van der Waals surface area contributed by atoms with E-state index >= 15 is 0 Å². The van der Waals surface area contributed by atoms with Gasteiger partial charge in [-0.25, -0.2) is 4.79 Å². The molecule has 2 heterocycles. The fourth-order valence-corrected chi connectivity index (χ4v) is 3.28. The Morgan fingerprint density at radius 1 is 1.30 bits per heavy atom. The van der Waals surface area contributed by atoms with Crippen molar-refractivity contribution >= 4 is 28.2 Å². The Morgan fingerprint density at radius 3 is 2.70 bits per heavy atom. The van der Waals surface area contributed by atoms with Gasteiger partial charge >= 0.3 is 11.8 Å². The molecule has 3 aromatic rings. The van der Waals surface area contributed by atoms with E-state index in [1.807, 2.05) is 0 Å². The number of hydrogen-bond acceptors (Lipinski definition) is 5. The topological polar surface area (TPSA) is 59.8 Å². The molecule has 0 aliphatic carbocycles. The third kappa shape index (κ3) is 4.30. The predicted molar refractivity (Wildman–Crippen MR) is 94.2 cm³/mol. The fraction of sp³-hybridized carbons (Fsp3) is 0.222. The highest BCUT2D eigenvalue weighted by atomic mass is 32.1. The molecule has 0 spiro atoms. The van der Waals surface area contributed by atoms with Crippen molar-refractivity contribution in [3.05, 3.63) is 62.6 Å². The predicted octanol–water partition coefficient (Wildman–Crippen LogP) is 4.07. The first kappa shape index (κ1) is 19.0. The molecule has 0 aliphatic rings. The minimum Gasteiger partial charge on any atom is -0.493 e. The number of nitrogens with zero attached hydrogens (tertiary/aromatic N) is 1. The second kappa shape index (κ2) is 7.43. The first-order valence-electron chi connectivity index (χ1n) is 7.76. The SMILES string of the molecule is COc1cccc2cc(C(=O)N(Cc3ccsc3)CC(F)(F)F)c(=O)oc12. The average Bonchev–Trinajstić information content (AvgIpc) is 3.11. The minimum atomic E-state index is -4.61. The Labute approximate surface area is 155 Å². The zero-order valence-electron chi connectivity index (χ0n) is 14.1. The van der Waals surface area contributed by atoms with E-state index < -0.39 is 29.8 Å². The van der Waals surface area contributed by atoms with Crippen LogP contribution in [0.3, 0.4) is 0 Å². The van der Waals surface area contributed by atoms with E-state index in [4.69, 9.17) is 9.15 Å². The average molecular weight is 397 g/mol. The summed E-state index contributed by atoms with van der Waals surface area (Å²) >= 11 is 1.30. The standard InChI is InChI=1S/C18H14F3NO4S/c1-25-14-4-2-3-12-7-13(17(24)26-15(12)14)16(23)22(10-18(19,20)21)8-11-5-6-27-9-11/h2-7,9H,8,10H2,1H3. The summed E-state index contributed by atoms with van der Waals surface area (Å²) < 4.78 is 49.1. The van der Waals surface area contributed by atoms with Crippen molar-refractivity contribution in [1.29, 1.82) is 0 Å². The molecule has 0 aliphatic heterocycles. The van der Waals surface area contributed by atoms with Crippen molar-refractivity contribution in [2.75, 3.05) is 13.7 Å². The van der Waals surface area contributed by atoms with E-state index in [0.29, 0.717) is 15.8 Å². The smallest absolute Gasteiger partial charge is 0.406 e. The van der Waals surface area contributed by atoms with E-state index in [9.17, 15) is 22.8 Å². The third-order valence-electron chi connectivity index (χ3n) is 3.79. The summed E-state index contributed by atoms with van der Waals surface area (Å²) in [4.78, 5) is 25.6. The van der Waals surface area contributed by atoms with Gasteiger partial charge in [0.2, 0.25) is 0 Å². The molecule has 27 heavy (non-hydrogen) atoms. The van der Waals surface area contributed by atoms with Gasteiger partial charge in [-0.1, -0.05) is 12.1 Å². The van der Waals surface area contributed by atoms with Crippen molar-refractivity contribution in [3.63, 3.8) is 0 Å². The lowest BCUT2D eigenvalue weighted by Gasteiger charge is -2.23. The van der Waals surface area contributed by atoms with Gasteiger partial charge in [0, 0.05) is 11.9 Å². The Kier molecular flexibility index (Phi) is 5.22. The number of halogens is 3. The first-order valence-corrected chi connectivity index (χ1v) is 8.71. The maximum Gasteiger partial charge on any atom is 0.406 e. The molecular weight excluding hydrogens is 383 g/mol. The first-order chi connectivity index (χ1) is 12.8. The summed E-state index contributed by atoms with van der Waals surface area (Å²) in [5.41, 5.74) is -0.809. The Balaban J connectivity index is 2.02. The number of methoxy groups -OCH3 is 1. The second-order valence-electron chi connectivity index (χ2n) is 5.73. The van der Waals surface area contributed by atoms with Crippen LogP contribution in [-0.4, -0.2) is 30.6 Å². The molecule has 9 heteroatoms. The van der Waals surface area contributed by atoms with E-state index in [1.165, 1.54) is 24.5 Å². The highest BCUT2D eigenvalue weighted by Crippen LogP contribution is 2.26. The number of amides is 1. The fourth-order valence-electron chi connectivity index (χ4n) is 2.62. The maximum atomic E-state index is 13.0. The molecular formula is C18H14F3NO4S. The highest BCUT2D eigenvalue weighted by molar-refractivity contribution is 7.07. The second-order valence-corrected chi connectivity index (χ2v) is 6.51. The van der Waals surface area contributed by atoms with Gasteiger partial charge in [-0.2, -0.15) is 24.5 Å². The highest BCUT2D eigenvalue weighted by Gasteiger charge is 2.34. The van der Waals surface area contributed by atoms with Crippen LogP contribution in [-0.2, 0) is 6.54 Å². The van der Waals surface area contributed by atoms with Gasteiger partial charge in [0.1, 0.15) is 12.1 Å². The van der Waals surface area contributed by atoms with Crippen LogP contribution >= 0.6 is 11.3 Å². The Hall–Kier alpha value is -2.81. The summed E-state index contributed by atoms with van der Waals surface area (Å²) in [6.07, 6.45) is -4.61. The molecule has 5 nitrogen and oxygen atoms in total. The summed E-state index contributed by atoms with van der Waals surface area (Å²) in [7, 11) is 1.39. The van der Waals surface area contributed by atoms with Gasteiger partial charge in [0.15, 0.2) is 11.3 Å². The molecule has 1 amide bonds. The quantitative estimate of drug-likeness (QED) is 0.609. The van der Waals surface area contributed by atoms with Gasteiger partial charge in [-0.05, 0) is 34.5 Å². The van der Waals surface area contributed by atoms with Crippen molar-refractivity contribution in [1.82, 2.24) is 4.90 Å². The molecule has 2 aromatic heterocycles. The van der Waals surface area contributed by atoms with E-state index in [-0.39, 0.29) is 17.9 Å². The minimum absolute atomic E-state index is 0.127. The van der Waals surface area contributed by atoms with Gasteiger partial charge in [-0.3, -0.25) is 4.79 Å². The molecule has 1 aromatic carbocycles. The number of thiophene rings is 1. The number of hydrogen-bond donors (Lipinski definition) is 0.